The number of nitriles is 1. The molecule has 8 nitrogen and oxygen atoms in total. The maximum absolute atomic E-state index is 13.1. The first-order valence-corrected chi connectivity index (χ1v) is 15.6. The lowest BCUT2D eigenvalue weighted by Gasteiger charge is -2.42. The van der Waals surface area contributed by atoms with Gasteiger partial charge in [0.05, 0.1) is 31.7 Å². The number of halogens is 5. The van der Waals surface area contributed by atoms with Gasteiger partial charge in [-0.2, -0.15) is 18.4 Å². The molecule has 6 rings (SSSR count). The summed E-state index contributed by atoms with van der Waals surface area (Å²) in [6.45, 7) is 0.706. The van der Waals surface area contributed by atoms with Crippen molar-refractivity contribution in [2.75, 3.05) is 19.6 Å². The highest BCUT2D eigenvalue weighted by atomic mass is 79.9. The molecule has 14 heteroatoms. The number of hydrogen-bond donors (Lipinski definition) is 3. The highest BCUT2D eigenvalue weighted by Gasteiger charge is 2.40. The van der Waals surface area contributed by atoms with E-state index in [1.165, 1.54) is 16.2 Å². The van der Waals surface area contributed by atoms with Gasteiger partial charge in [-0.05, 0) is 72.2 Å². The van der Waals surface area contributed by atoms with Crippen molar-refractivity contribution in [3.63, 3.8) is 0 Å². The number of hydrogen-bond acceptors (Lipinski definition) is 8. The number of benzene rings is 1. The first kappa shape index (κ1) is 30.3. The number of nitrogens with zero attached hydrogens (tertiary/aromatic N) is 5. The lowest BCUT2D eigenvalue weighted by atomic mass is 9.80. The summed E-state index contributed by atoms with van der Waals surface area (Å²) in [5.74, 6) is 0. The molecule has 1 fully saturated rings. The van der Waals surface area contributed by atoms with Gasteiger partial charge < -0.3 is 25.0 Å². The van der Waals surface area contributed by atoms with E-state index in [1.807, 2.05) is 36.5 Å². The quantitative estimate of drug-likeness (QED) is 0.229. The number of aliphatic hydroxyl groups excluding tert-OH is 2. The fourth-order valence-electron chi connectivity index (χ4n) is 5.91. The Bertz CT molecular complexity index is 1750. The Hall–Kier alpha value is -2.70. The van der Waals surface area contributed by atoms with Crippen LogP contribution in [0.2, 0.25) is 5.02 Å². The van der Waals surface area contributed by atoms with E-state index in [9.17, 15) is 28.6 Å². The lowest BCUT2D eigenvalue weighted by Crippen LogP contribution is -2.55. The van der Waals surface area contributed by atoms with Crippen molar-refractivity contribution in [1.82, 2.24) is 24.7 Å². The van der Waals surface area contributed by atoms with Crippen LogP contribution in [0.1, 0.15) is 17.7 Å². The normalized spacial score (nSPS) is 21.3. The smallest absolute Gasteiger partial charge is 0.373 e. The molecular weight excluding hydrogens is 669 g/mol. The summed E-state index contributed by atoms with van der Waals surface area (Å²) < 4.78 is 42.5. The number of alkyl halides is 3. The van der Waals surface area contributed by atoms with Crippen LogP contribution >= 0.6 is 38.9 Å². The van der Waals surface area contributed by atoms with Crippen LogP contribution in [0.5, 0.6) is 0 Å². The number of aromatic nitrogens is 2. The van der Waals surface area contributed by atoms with E-state index in [4.69, 9.17) is 11.6 Å². The van der Waals surface area contributed by atoms with Gasteiger partial charge in [-0.3, -0.25) is 4.98 Å². The number of piperidine rings is 1. The van der Waals surface area contributed by atoms with Crippen molar-refractivity contribution in [3.05, 3.63) is 63.3 Å². The highest BCUT2D eigenvalue weighted by Crippen LogP contribution is 2.41. The van der Waals surface area contributed by atoms with Crippen molar-refractivity contribution >= 4 is 60.0 Å². The second-order valence-corrected chi connectivity index (χ2v) is 13.4. The molecule has 2 atom stereocenters. The second kappa shape index (κ2) is 11.7. The van der Waals surface area contributed by atoms with Crippen molar-refractivity contribution < 1.29 is 23.4 Å². The predicted molar refractivity (Wildman–Crippen MR) is 163 cm³/mol. The molecule has 0 radical (unpaired) electrons. The number of aliphatic hydroxyl groups is 2. The zero-order valence-corrected chi connectivity index (χ0v) is 25.8. The number of pyridine rings is 1. The fraction of sp³-hybridized carbons (Fsp3) is 0.379. The summed E-state index contributed by atoms with van der Waals surface area (Å²) in [6.07, 6.45) is -1.35. The molecule has 0 bridgehead atoms. The van der Waals surface area contributed by atoms with E-state index in [-0.39, 0.29) is 11.0 Å². The summed E-state index contributed by atoms with van der Waals surface area (Å²) >= 11 is 11.1. The molecule has 1 saturated heterocycles. The molecule has 3 aromatic heterocycles. The number of nitrogens with one attached hydrogen (secondary N) is 1. The molecule has 4 aromatic rings. The third kappa shape index (κ3) is 6.02. The molecule has 2 aliphatic heterocycles. The molecule has 5 heterocycles. The standard InChI is InChI=1S/C29H27BrClF3N6O2S/c30-22-13-39(16-29(32,33)34)27(42)40(26(22)41)12-19-11-23-25(43-19)20(1-5-37-23)21-10-18(31)9-17-2-8-38(24(17)21)15-28(14-35)3-6-36-7-4-28/h1-2,5,8-11,13,26-27,36,41-42H,3-4,6-7,12,15-16H2. The molecule has 226 valence electrons. The molecule has 0 aliphatic carbocycles. The molecule has 2 unspecified atom stereocenters. The summed E-state index contributed by atoms with van der Waals surface area (Å²) in [4.78, 5) is 7.11. The van der Waals surface area contributed by atoms with Crippen molar-refractivity contribution in [2.45, 2.75) is 44.7 Å². The molecular formula is C29H27BrClF3N6O2S. The summed E-state index contributed by atoms with van der Waals surface area (Å²) in [6, 6.07) is 12.1. The van der Waals surface area contributed by atoms with Gasteiger partial charge in [0.2, 0.25) is 0 Å². The minimum atomic E-state index is -4.55. The maximum Gasteiger partial charge on any atom is 0.406 e. The van der Waals surface area contributed by atoms with E-state index in [1.54, 1.807) is 6.20 Å². The Balaban J connectivity index is 1.38. The van der Waals surface area contributed by atoms with Crippen LogP contribution < -0.4 is 5.32 Å². The first-order chi connectivity index (χ1) is 20.5. The maximum atomic E-state index is 13.1. The summed E-state index contributed by atoms with van der Waals surface area (Å²) in [5.41, 5.74) is 2.85. The van der Waals surface area contributed by atoms with Crippen LogP contribution in [0.25, 0.3) is 32.2 Å². The van der Waals surface area contributed by atoms with Gasteiger partial charge in [-0.1, -0.05) is 11.6 Å². The van der Waals surface area contributed by atoms with Crippen LogP contribution in [0.15, 0.2) is 53.4 Å². The summed E-state index contributed by atoms with van der Waals surface area (Å²) in [7, 11) is 0. The van der Waals surface area contributed by atoms with Crippen LogP contribution in [0, 0.1) is 16.7 Å². The van der Waals surface area contributed by atoms with E-state index in [2.05, 4.69) is 36.9 Å². The average Bonchev–Trinajstić information content (AvgIpc) is 3.56. The van der Waals surface area contributed by atoms with Gasteiger partial charge in [0.25, 0.3) is 0 Å². The Morgan fingerprint density at radius 3 is 2.67 bits per heavy atom. The minimum absolute atomic E-state index is 0.0276. The van der Waals surface area contributed by atoms with E-state index in [0.29, 0.717) is 22.0 Å². The zero-order valence-electron chi connectivity index (χ0n) is 22.7. The summed E-state index contributed by atoms with van der Waals surface area (Å²) in [5, 5.41) is 36.4. The van der Waals surface area contributed by atoms with Crippen LogP contribution in [-0.2, 0) is 13.1 Å². The SMILES string of the molecule is N#CC1(Cn2ccc3cc(Cl)cc(-c4ccnc5cc(CN6C(O)C(Br)=CN(CC(F)(F)F)C6O)sc45)c32)CCNCC1. The monoisotopic (exact) mass is 694 g/mol. The average molecular weight is 696 g/mol. The van der Waals surface area contributed by atoms with Crippen LogP contribution in [-0.4, -0.2) is 68.0 Å². The molecule has 3 N–H and O–H groups in total. The third-order valence-corrected chi connectivity index (χ3v) is 9.97. The predicted octanol–water partition coefficient (Wildman–Crippen LogP) is 5.98. The zero-order chi connectivity index (χ0) is 30.5. The van der Waals surface area contributed by atoms with Gasteiger partial charge >= 0.3 is 6.18 Å². The Kier molecular flexibility index (Phi) is 8.23. The topological polar surface area (TPSA) is 101 Å². The van der Waals surface area contributed by atoms with Crippen LogP contribution in [0.4, 0.5) is 13.2 Å². The van der Waals surface area contributed by atoms with Gasteiger partial charge in [-0.15, -0.1) is 11.3 Å². The first-order valence-electron chi connectivity index (χ1n) is 13.6. The molecule has 2 aliphatic rings. The fourth-order valence-corrected chi connectivity index (χ4v) is 7.82. The van der Waals surface area contributed by atoms with Crippen molar-refractivity contribution in [2.24, 2.45) is 5.41 Å². The number of fused-ring (bicyclic) bond motifs is 2. The van der Waals surface area contributed by atoms with Crippen molar-refractivity contribution in [1.29, 1.82) is 5.26 Å². The Morgan fingerprint density at radius 2 is 1.95 bits per heavy atom. The lowest BCUT2D eigenvalue weighted by molar-refractivity contribution is -0.205. The number of rotatable bonds is 6. The molecule has 0 amide bonds. The van der Waals surface area contributed by atoms with Gasteiger partial charge in [-0.25, -0.2) is 4.90 Å². The minimum Gasteiger partial charge on any atom is -0.373 e. The van der Waals surface area contributed by atoms with E-state index >= 15 is 0 Å². The molecule has 43 heavy (non-hydrogen) atoms. The van der Waals surface area contributed by atoms with E-state index < -0.39 is 30.7 Å². The third-order valence-electron chi connectivity index (χ3n) is 7.99. The van der Waals surface area contributed by atoms with Crippen molar-refractivity contribution in [3.8, 4) is 17.2 Å². The molecule has 1 aromatic carbocycles. The highest BCUT2D eigenvalue weighted by molar-refractivity contribution is 9.11. The molecule has 0 spiro atoms. The number of thiophene rings is 1. The van der Waals surface area contributed by atoms with Crippen LogP contribution in [0.3, 0.4) is 0 Å². The Labute approximate surface area is 262 Å². The van der Waals surface area contributed by atoms with Gasteiger partial charge in [0.1, 0.15) is 12.8 Å². The largest absolute Gasteiger partial charge is 0.406 e. The van der Waals surface area contributed by atoms with E-state index in [0.717, 1.165) is 63.8 Å². The van der Waals surface area contributed by atoms with Gasteiger partial charge in [0.15, 0.2) is 6.35 Å². The van der Waals surface area contributed by atoms with Gasteiger partial charge in [0, 0.05) is 58.1 Å². The Morgan fingerprint density at radius 1 is 1.19 bits per heavy atom. The second-order valence-electron chi connectivity index (χ2n) is 11.0. The molecule has 0 saturated carbocycles.